The molecule has 0 fully saturated rings. The summed E-state index contributed by atoms with van der Waals surface area (Å²) in [4.78, 5) is 0. The van der Waals surface area contributed by atoms with Gasteiger partial charge in [0.1, 0.15) is 11.6 Å². The fourth-order valence-corrected chi connectivity index (χ4v) is 1.04. The van der Waals surface area contributed by atoms with Gasteiger partial charge in [0.25, 0.3) is 0 Å². The largest absolute Gasteiger partial charge is 0.383 e. The second-order valence-electron chi connectivity index (χ2n) is 3.01. The molecule has 0 spiro atoms. The molecule has 1 aromatic rings. The summed E-state index contributed by atoms with van der Waals surface area (Å²) in [6.07, 6.45) is 0.884. The first-order valence-corrected chi connectivity index (χ1v) is 4.34. The molecule has 0 aliphatic carbocycles. The lowest BCUT2D eigenvalue weighted by Crippen LogP contribution is -2.03. The van der Waals surface area contributed by atoms with Gasteiger partial charge in [0.15, 0.2) is 0 Å². The molecule has 0 aliphatic heterocycles. The van der Waals surface area contributed by atoms with Gasteiger partial charge in [-0.1, -0.05) is 6.92 Å². The number of nitrogens with one attached hydrogen (secondary N) is 1. The Morgan fingerprint density at radius 2 is 1.92 bits per heavy atom. The fraction of sp³-hybridized carbons (Fsp3) is 0.400. The van der Waals surface area contributed by atoms with Gasteiger partial charge in [0.2, 0.25) is 0 Å². The van der Waals surface area contributed by atoms with Crippen molar-refractivity contribution in [2.45, 2.75) is 20.3 Å². The smallest absolute Gasteiger partial charge is 0.146 e. The van der Waals surface area contributed by atoms with Crippen molar-refractivity contribution in [2.75, 3.05) is 11.9 Å². The summed E-state index contributed by atoms with van der Waals surface area (Å²) >= 11 is 0. The normalized spacial score (nSPS) is 10.2. The van der Waals surface area contributed by atoms with Crippen molar-refractivity contribution >= 4 is 5.69 Å². The van der Waals surface area contributed by atoms with Gasteiger partial charge in [-0.05, 0) is 25.0 Å². The lowest BCUT2D eigenvalue weighted by atomic mass is 10.2. The number of rotatable bonds is 3. The zero-order valence-corrected chi connectivity index (χ0v) is 7.82. The Hall–Kier alpha value is -1.12. The first-order chi connectivity index (χ1) is 6.15. The van der Waals surface area contributed by atoms with E-state index in [4.69, 9.17) is 0 Å². The minimum atomic E-state index is -0.396. The van der Waals surface area contributed by atoms with Crippen LogP contribution in [-0.2, 0) is 0 Å². The molecule has 0 amide bonds. The van der Waals surface area contributed by atoms with Gasteiger partial charge in [-0.15, -0.1) is 0 Å². The van der Waals surface area contributed by atoms with Crippen LogP contribution in [0.3, 0.4) is 0 Å². The molecule has 1 nitrogen and oxygen atoms in total. The lowest BCUT2D eigenvalue weighted by molar-refractivity contribution is 0.594. The van der Waals surface area contributed by atoms with E-state index >= 15 is 0 Å². The SMILES string of the molecule is CCCNc1cc(F)c(C)cc1F. The van der Waals surface area contributed by atoms with E-state index in [1.165, 1.54) is 12.1 Å². The van der Waals surface area contributed by atoms with Crippen LogP contribution in [0.5, 0.6) is 0 Å². The summed E-state index contributed by atoms with van der Waals surface area (Å²) in [5, 5.41) is 2.82. The summed E-state index contributed by atoms with van der Waals surface area (Å²) in [7, 11) is 0. The van der Waals surface area contributed by atoms with E-state index in [0.29, 0.717) is 12.1 Å². The molecule has 3 heteroatoms. The number of hydrogen-bond donors (Lipinski definition) is 1. The van der Waals surface area contributed by atoms with Crippen molar-refractivity contribution in [2.24, 2.45) is 0 Å². The topological polar surface area (TPSA) is 12.0 Å². The van der Waals surface area contributed by atoms with E-state index in [1.807, 2.05) is 6.92 Å². The van der Waals surface area contributed by atoms with Gasteiger partial charge in [-0.2, -0.15) is 0 Å². The van der Waals surface area contributed by atoms with Crippen molar-refractivity contribution in [1.82, 2.24) is 0 Å². The molecule has 0 saturated heterocycles. The molecule has 1 N–H and O–H groups in total. The van der Waals surface area contributed by atoms with Crippen molar-refractivity contribution in [3.63, 3.8) is 0 Å². The summed E-state index contributed by atoms with van der Waals surface area (Å²) in [5.41, 5.74) is 0.574. The molecular formula is C10H13F2N. The van der Waals surface area contributed by atoms with Crippen LogP contribution in [-0.4, -0.2) is 6.54 Å². The number of benzene rings is 1. The Morgan fingerprint density at radius 3 is 2.54 bits per heavy atom. The zero-order valence-electron chi connectivity index (χ0n) is 7.82. The number of aryl methyl sites for hydroxylation is 1. The Labute approximate surface area is 76.8 Å². The Kier molecular flexibility index (Phi) is 3.23. The van der Waals surface area contributed by atoms with Crippen LogP contribution >= 0.6 is 0 Å². The summed E-state index contributed by atoms with van der Waals surface area (Å²) in [6.45, 7) is 4.16. The van der Waals surface area contributed by atoms with Crippen molar-refractivity contribution in [3.8, 4) is 0 Å². The van der Waals surface area contributed by atoms with Crippen LogP contribution in [0, 0.1) is 18.6 Å². The first-order valence-electron chi connectivity index (χ1n) is 4.34. The van der Waals surface area contributed by atoms with Crippen LogP contribution in [0.4, 0.5) is 14.5 Å². The van der Waals surface area contributed by atoms with Gasteiger partial charge in [0.05, 0.1) is 5.69 Å². The molecule has 0 atom stereocenters. The second-order valence-corrected chi connectivity index (χ2v) is 3.01. The van der Waals surface area contributed by atoms with E-state index in [2.05, 4.69) is 5.32 Å². The highest BCUT2D eigenvalue weighted by molar-refractivity contribution is 5.46. The third-order valence-corrected chi connectivity index (χ3v) is 1.81. The Bertz CT molecular complexity index is 297. The maximum atomic E-state index is 13.1. The third-order valence-electron chi connectivity index (χ3n) is 1.81. The molecule has 0 aliphatic rings. The van der Waals surface area contributed by atoms with Gasteiger partial charge in [0, 0.05) is 12.6 Å². The average Bonchev–Trinajstić information content (AvgIpc) is 2.09. The molecule has 0 radical (unpaired) electrons. The number of hydrogen-bond acceptors (Lipinski definition) is 1. The maximum Gasteiger partial charge on any atom is 0.146 e. The van der Waals surface area contributed by atoms with E-state index in [9.17, 15) is 8.78 Å². The minimum Gasteiger partial charge on any atom is -0.383 e. The molecule has 0 unspecified atom stereocenters. The van der Waals surface area contributed by atoms with E-state index in [0.717, 1.165) is 6.42 Å². The predicted octanol–water partition coefficient (Wildman–Crippen LogP) is 3.10. The summed E-state index contributed by atoms with van der Waals surface area (Å²) in [5.74, 6) is -0.771. The molecule has 0 heterocycles. The standard InChI is InChI=1S/C10H13F2N/c1-3-4-13-10-6-8(11)7(2)5-9(10)12/h5-6,13H,3-4H2,1-2H3. The first kappa shape index (κ1) is 9.96. The average molecular weight is 185 g/mol. The van der Waals surface area contributed by atoms with Gasteiger partial charge >= 0.3 is 0 Å². The lowest BCUT2D eigenvalue weighted by Gasteiger charge is -2.07. The molecule has 13 heavy (non-hydrogen) atoms. The molecule has 0 bridgehead atoms. The van der Waals surface area contributed by atoms with Gasteiger partial charge < -0.3 is 5.32 Å². The zero-order chi connectivity index (χ0) is 9.84. The van der Waals surface area contributed by atoms with Gasteiger partial charge in [-0.25, -0.2) is 8.78 Å². The van der Waals surface area contributed by atoms with Crippen molar-refractivity contribution in [1.29, 1.82) is 0 Å². The van der Waals surface area contributed by atoms with Crippen LogP contribution < -0.4 is 5.32 Å². The number of anilines is 1. The minimum absolute atomic E-state index is 0.241. The summed E-state index contributed by atoms with van der Waals surface area (Å²) < 4.78 is 26.1. The fourth-order valence-electron chi connectivity index (χ4n) is 1.04. The second kappa shape index (κ2) is 4.21. The molecule has 1 aromatic carbocycles. The maximum absolute atomic E-state index is 13.1. The molecule has 1 rings (SSSR count). The highest BCUT2D eigenvalue weighted by atomic mass is 19.1. The third kappa shape index (κ3) is 2.41. The number of halogens is 2. The highest BCUT2D eigenvalue weighted by Gasteiger charge is 2.05. The van der Waals surface area contributed by atoms with Crippen LogP contribution in [0.15, 0.2) is 12.1 Å². The van der Waals surface area contributed by atoms with Crippen molar-refractivity contribution < 1.29 is 8.78 Å². The van der Waals surface area contributed by atoms with Crippen LogP contribution in [0.1, 0.15) is 18.9 Å². The molecule has 0 aromatic heterocycles. The molecule has 72 valence electrons. The van der Waals surface area contributed by atoms with E-state index < -0.39 is 5.82 Å². The Morgan fingerprint density at radius 1 is 1.23 bits per heavy atom. The highest BCUT2D eigenvalue weighted by Crippen LogP contribution is 2.18. The van der Waals surface area contributed by atoms with Crippen LogP contribution in [0.25, 0.3) is 0 Å². The van der Waals surface area contributed by atoms with Crippen LogP contribution in [0.2, 0.25) is 0 Å². The quantitative estimate of drug-likeness (QED) is 0.763. The van der Waals surface area contributed by atoms with E-state index in [-0.39, 0.29) is 11.5 Å². The van der Waals surface area contributed by atoms with Crippen molar-refractivity contribution in [3.05, 3.63) is 29.3 Å². The monoisotopic (exact) mass is 185 g/mol. The summed E-state index contributed by atoms with van der Waals surface area (Å²) in [6, 6.07) is 2.40. The molecule has 0 saturated carbocycles. The van der Waals surface area contributed by atoms with Gasteiger partial charge in [-0.3, -0.25) is 0 Å². The predicted molar refractivity (Wildman–Crippen MR) is 49.9 cm³/mol. The molecular weight excluding hydrogens is 172 g/mol. The Balaban J connectivity index is 2.88. The van der Waals surface area contributed by atoms with E-state index in [1.54, 1.807) is 6.92 Å².